The summed E-state index contributed by atoms with van der Waals surface area (Å²) in [5.41, 5.74) is 6.38. The highest BCUT2D eigenvalue weighted by Crippen LogP contribution is 2.25. The molecule has 2 atom stereocenters. The molecular weight excluding hydrogens is 283 g/mol. The molecule has 1 amide bonds. The van der Waals surface area contributed by atoms with Crippen molar-refractivity contribution in [2.75, 3.05) is 6.54 Å². The quantitative estimate of drug-likeness (QED) is 0.844. The first-order valence-corrected chi connectivity index (χ1v) is 7.16. The van der Waals surface area contributed by atoms with Gasteiger partial charge in [-0.2, -0.15) is 0 Å². The molecule has 3 nitrogen and oxygen atoms in total. The Morgan fingerprint density at radius 2 is 2.00 bits per heavy atom. The Bertz CT molecular complexity index is 437. The van der Waals surface area contributed by atoms with Gasteiger partial charge in [-0.05, 0) is 44.0 Å². The van der Waals surface area contributed by atoms with Gasteiger partial charge in [-0.3, -0.25) is 4.79 Å². The normalized spacial score (nSPS) is 13.9. The third-order valence-electron chi connectivity index (χ3n) is 3.09. The second kappa shape index (κ2) is 7.73. The molecule has 19 heavy (non-hydrogen) atoms. The van der Waals surface area contributed by atoms with E-state index in [1.807, 2.05) is 19.9 Å². The first-order chi connectivity index (χ1) is 8.95. The predicted octanol–water partition coefficient (Wildman–Crippen LogP) is 3.55. The summed E-state index contributed by atoms with van der Waals surface area (Å²) in [5.74, 6) is 0.000736. The maximum atomic E-state index is 12.0. The van der Waals surface area contributed by atoms with Gasteiger partial charge in [0.25, 0.3) is 0 Å². The molecule has 2 unspecified atom stereocenters. The minimum Gasteiger partial charge on any atom is -0.349 e. The van der Waals surface area contributed by atoms with Gasteiger partial charge in [-0.25, -0.2) is 0 Å². The third-order valence-corrected chi connectivity index (χ3v) is 3.83. The van der Waals surface area contributed by atoms with Gasteiger partial charge in [0, 0.05) is 5.92 Å². The molecule has 0 aliphatic carbocycles. The van der Waals surface area contributed by atoms with Crippen LogP contribution < -0.4 is 11.1 Å². The Morgan fingerprint density at radius 1 is 1.32 bits per heavy atom. The number of nitrogens with one attached hydrogen (secondary N) is 1. The van der Waals surface area contributed by atoms with Crippen molar-refractivity contribution in [1.29, 1.82) is 0 Å². The molecule has 1 aromatic rings. The number of benzene rings is 1. The molecule has 0 radical (unpaired) electrons. The van der Waals surface area contributed by atoms with Crippen LogP contribution in [0.15, 0.2) is 18.2 Å². The van der Waals surface area contributed by atoms with E-state index < -0.39 is 0 Å². The standard InChI is InChI=1S/C14H20Cl2N2O/c1-9(4-3-7-17)14(19)18-10(2)11-5-6-12(15)13(16)8-11/h5-6,8-10H,3-4,7,17H2,1-2H3,(H,18,19). The number of hydrogen-bond donors (Lipinski definition) is 2. The lowest BCUT2D eigenvalue weighted by Gasteiger charge is -2.18. The Balaban J connectivity index is 2.60. The van der Waals surface area contributed by atoms with Crippen LogP contribution in [0.2, 0.25) is 10.0 Å². The maximum Gasteiger partial charge on any atom is 0.223 e. The lowest BCUT2D eigenvalue weighted by atomic mass is 10.0. The molecule has 0 bridgehead atoms. The van der Waals surface area contributed by atoms with Gasteiger partial charge in [0.05, 0.1) is 16.1 Å². The zero-order valence-corrected chi connectivity index (χ0v) is 12.8. The van der Waals surface area contributed by atoms with E-state index in [1.54, 1.807) is 12.1 Å². The van der Waals surface area contributed by atoms with Crippen LogP contribution in [-0.4, -0.2) is 12.5 Å². The predicted molar refractivity (Wildman–Crippen MR) is 80.5 cm³/mol. The van der Waals surface area contributed by atoms with E-state index in [2.05, 4.69) is 5.32 Å². The molecule has 106 valence electrons. The van der Waals surface area contributed by atoms with Crippen LogP contribution in [0.1, 0.15) is 38.3 Å². The van der Waals surface area contributed by atoms with E-state index in [0.29, 0.717) is 16.6 Å². The number of halogens is 2. The number of amides is 1. The molecule has 0 aliphatic rings. The number of carbonyl (C=O) groups excluding carboxylic acids is 1. The van der Waals surface area contributed by atoms with Crippen molar-refractivity contribution in [3.8, 4) is 0 Å². The van der Waals surface area contributed by atoms with E-state index >= 15 is 0 Å². The first kappa shape index (κ1) is 16.3. The average molecular weight is 303 g/mol. The molecule has 0 aromatic heterocycles. The minimum atomic E-state index is -0.0948. The van der Waals surface area contributed by atoms with Gasteiger partial charge in [0.15, 0.2) is 0 Å². The largest absolute Gasteiger partial charge is 0.349 e. The van der Waals surface area contributed by atoms with Crippen LogP contribution in [0.25, 0.3) is 0 Å². The summed E-state index contributed by atoms with van der Waals surface area (Å²) < 4.78 is 0. The number of carbonyl (C=O) groups is 1. The second-order valence-corrected chi connectivity index (χ2v) is 5.55. The molecular formula is C14H20Cl2N2O. The van der Waals surface area contributed by atoms with E-state index in [-0.39, 0.29) is 17.9 Å². The van der Waals surface area contributed by atoms with Crippen LogP contribution in [0.4, 0.5) is 0 Å². The van der Waals surface area contributed by atoms with Crippen LogP contribution in [0.3, 0.4) is 0 Å². The summed E-state index contributed by atoms with van der Waals surface area (Å²) in [4.78, 5) is 12.0. The third kappa shape index (κ3) is 5.01. The van der Waals surface area contributed by atoms with Gasteiger partial charge < -0.3 is 11.1 Å². The van der Waals surface area contributed by atoms with Gasteiger partial charge in [0.1, 0.15) is 0 Å². The zero-order chi connectivity index (χ0) is 14.4. The fourth-order valence-corrected chi connectivity index (χ4v) is 2.08. The maximum absolute atomic E-state index is 12.0. The molecule has 0 saturated heterocycles. The lowest BCUT2D eigenvalue weighted by molar-refractivity contribution is -0.125. The SMILES string of the molecule is CC(CCCN)C(=O)NC(C)c1ccc(Cl)c(Cl)c1. The monoisotopic (exact) mass is 302 g/mol. The number of rotatable bonds is 6. The summed E-state index contributed by atoms with van der Waals surface area (Å²) >= 11 is 11.8. The smallest absolute Gasteiger partial charge is 0.223 e. The van der Waals surface area contributed by atoms with Crippen molar-refractivity contribution in [2.45, 2.75) is 32.7 Å². The van der Waals surface area contributed by atoms with Crippen LogP contribution in [0, 0.1) is 5.92 Å². The van der Waals surface area contributed by atoms with Crippen molar-refractivity contribution >= 4 is 29.1 Å². The highest BCUT2D eigenvalue weighted by molar-refractivity contribution is 6.42. The van der Waals surface area contributed by atoms with Gasteiger partial charge >= 0.3 is 0 Å². The fraction of sp³-hybridized carbons (Fsp3) is 0.500. The number of nitrogens with two attached hydrogens (primary N) is 1. The first-order valence-electron chi connectivity index (χ1n) is 6.41. The average Bonchev–Trinajstić information content (AvgIpc) is 2.38. The minimum absolute atomic E-state index is 0.0335. The van der Waals surface area contributed by atoms with Crippen molar-refractivity contribution in [2.24, 2.45) is 11.7 Å². The van der Waals surface area contributed by atoms with E-state index in [9.17, 15) is 4.79 Å². The summed E-state index contributed by atoms with van der Waals surface area (Å²) in [5, 5.41) is 3.98. The lowest BCUT2D eigenvalue weighted by Crippen LogP contribution is -2.31. The topological polar surface area (TPSA) is 55.1 Å². The van der Waals surface area contributed by atoms with Crippen molar-refractivity contribution in [1.82, 2.24) is 5.32 Å². The van der Waals surface area contributed by atoms with E-state index in [4.69, 9.17) is 28.9 Å². The molecule has 1 aromatic carbocycles. The van der Waals surface area contributed by atoms with Crippen LogP contribution >= 0.6 is 23.2 Å². The van der Waals surface area contributed by atoms with Crippen molar-refractivity contribution < 1.29 is 4.79 Å². The molecule has 0 fully saturated rings. The Hall–Kier alpha value is -0.770. The molecule has 0 heterocycles. The fourth-order valence-electron chi connectivity index (χ4n) is 1.78. The summed E-state index contributed by atoms with van der Waals surface area (Å²) in [6.45, 7) is 4.44. The van der Waals surface area contributed by atoms with Crippen molar-refractivity contribution in [3.05, 3.63) is 33.8 Å². The molecule has 0 spiro atoms. The van der Waals surface area contributed by atoms with E-state index in [1.165, 1.54) is 0 Å². The van der Waals surface area contributed by atoms with Gasteiger partial charge in [-0.15, -0.1) is 0 Å². The Labute approximate surface area is 124 Å². The van der Waals surface area contributed by atoms with Crippen LogP contribution in [-0.2, 0) is 4.79 Å². The van der Waals surface area contributed by atoms with Gasteiger partial charge in [0.2, 0.25) is 5.91 Å². The Morgan fingerprint density at radius 3 is 2.58 bits per heavy atom. The summed E-state index contributed by atoms with van der Waals surface area (Å²) in [6.07, 6.45) is 1.66. The summed E-state index contributed by atoms with van der Waals surface area (Å²) in [6, 6.07) is 5.28. The second-order valence-electron chi connectivity index (χ2n) is 4.74. The van der Waals surface area contributed by atoms with Crippen molar-refractivity contribution in [3.63, 3.8) is 0 Å². The Kier molecular flexibility index (Phi) is 6.63. The summed E-state index contributed by atoms with van der Waals surface area (Å²) in [7, 11) is 0. The molecule has 0 saturated carbocycles. The molecule has 1 rings (SSSR count). The molecule has 0 aliphatic heterocycles. The molecule has 5 heteroatoms. The highest BCUT2D eigenvalue weighted by atomic mass is 35.5. The highest BCUT2D eigenvalue weighted by Gasteiger charge is 2.16. The van der Waals surface area contributed by atoms with Crippen LogP contribution in [0.5, 0.6) is 0 Å². The number of hydrogen-bond acceptors (Lipinski definition) is 2. The van der Waals surface area contributed by atoms with E-state index in [0.717, 1.165) is 18.4 Å². The van der Waals surface area contributed by atoms with Gasteiger partial charge in [-0.1, -0.05) is 36.2 Å². The molecule has 3 N–H and O–H groups in total. The zero-order valence-electron chi connectivity index (χ0n) is 11.2.